The number of carbonyl (C=O) groups excluding carboxylic acids is 1. The third-order valence-electron chi connectivity index (χ3n) is 2.55. The van der Waals surface area contributed by atoms with Crippen LogP contribution in [0.25, 0.3) is 0 Å². The summed E-state index contributed by atoms with van der Waals surface area (Å²) in [6.45, 7) is 1.85. The number of nitrogens with two attached hydrogens (primary N) is 1. The maximum absolute atomic E-state index is 10.7. The number of primary amides is 1. The molecule has 1 amide bonds. The number of hydrogen-bond acceptors (Lipinski definition) is 6. The molecule has 0 aliphatic rings. The van der Waals surface area contributed by atoms with Crippen LogP contribution in [-0.4, -0.2) is 25.8 Å². The lowest BCUT2D eigenvalue weighted by molar-refractivity contribution is -0.118. The Balaban J connectivity index is 1.95. The first-order chi connectivity index (χ1) is 9.06. The molecular weight excluding hydrogens is 266 g/mol. The Hall–Kier alpha value is -1.83. The Kier molecular flexibility index (Phi) is 4.20. The lowest BCUT2D eigenvalue weighted by Gasteiger charge is -2.01. The number of aromatic nitrogens is 4. The van der Waals surface area contributed by atoms with Crippen LogP contribution in [0.2, 0.25) is 0 Å². The number of rotatable bonds is 6. The van der Waals surface area contributed by atoms with Gasteiger partial charge in [-0.1, -0.05) is 16.9 Å². The molecule has 2 rings (SSSR count). The van der Waals surface area contributed by atoms with Crippen LogP contribution in [0.5, 0.6) is 0 Å². The predicted octanol–water partition coefficient (Wildman–Crippen LogP) is 0.822. The van der Waals surface area contributed by atoms with Gasteiger partial charge in [0.2, 0.25) is 5.91 Å². The van der Waals surface area contributed by atoms with Gasteiger partial charge in [0, 0.05) is 31.7 Å². The van der Waals surface area contributed by atoms with Crippen LogP contribution in [0.4, 0.5) is 0 Å². The summed E-state index contributed by atoms with van der Waals surface area (Å²) in [5.74, 6) is 1.86. The fourth-order valence-electron chi connectivity index (χ4n) is 1.55. The van der Waals surface area contributed by atoms with Gasteiger partial charge >= 0.3 is 0 Å². The SMILES string of the molecule is Cc1cc(CSc2nnc(CCC(N)=O)n2C)no1. The van der Waals surface area contributed by atoms with Crippen LogP contribution in [0.3, 0.4) is 0 Å². The average molecular weight is 281 g/mol. The van der Waals surface area contributed by atoms with Gasteiger partial charge in [-0.15, -0.1) is 10.2 Å². The molecule has 0 saturated carbocycles. The lowest BCUT2D eigenvalue weighted by atomic mass is 10.3. The standard InChI is InChI=1S/C11H15N5O2S/c1-7-5-8(15-18-7)6-19-11-14-13-10(16(11)2)4-3-9(12)17/h5H,3-4,6H2,1-2H3,(H2,12,17). The van der Waals surface area contributed by atoms with Crippen molar-refractivity contribution in [2.45, 2.75) is 30.7 Å². The topological polar surface area (TPSA) is 99.8 Å². The molecule has 0 atom stereocenters. The molecule has 7 nitrogen and oxygen atoms in total. The van der Waals surface area contributed by atoms with Gasteiger partial charge in [-0.2, -0.15) is 0 Å². The van der Waals surface area contributed by atoms with E-state index in [9.17, 15) is 4.79 Å². The van der Waals surface area contributed by atoms with Crippen LogP contribution in [0, 0.1) is 6.92 Å². The molecule has 2 N–H and O–H groups in total. The van der Waals surface area contributed by atoms with E-state index in [2.05, 4.69) is 15.4 Å². The largest absolute Gasteiger partial charge is 0.370 e. The van der Waals surface area contributed by atoms with Crippen molar-refractivity contribution in [1.82, 2.24) is 19.9 Å². The molecule has 0 radical (unpaired) electrons. The van der Waals surface area contributed by atoms with E-state index < -0.39 is 0 Å². The van der Waals surface area contributed by atoms with Gasteiger partial charge < -0.3 is 14.8 Å². The summed E-state index contributed by atoms with van der Waals surface area (Å²) in [5.41, 5.74) is 5.98. The molecule has 0 fully saturated rings. The molecule has 0 spiro atoms. The molecule has 102 valence electrons. The highest BCUT2D eigenvalue weighted by atomic mass is 32.2. The van der Waals surface area contributed by atoms with E-state index in [0.717, 1.165) is 22.4 Å². The fraction of sp³-hybridized carbons (Fsp3) is 0.455. The van der Waals surface area contributed by atoms with E-state index in [-0.39, 0.29) is 12.3 Å². The zero-order valence-electron chi connectivity index (χ0n) is 10.8. The maximum atomic E-state index is 10.7. The summed E-state index contributed by atoms with van der Waals surface area (Å²) < 4.78 is 6.86. The zero-order chi connectivity index (χ0) is 13.8. The Morgan fingerprint density at radius 2 is 2.32 bits per heavy atom. The summed E-state index contributed by atoms with van der Waals surface area (Å²) in [6.07, 6.45) is 0.779. The van der Waals surface area contributed by atoms with E-state index in [1.54, 1.807) is 0 Å². The van der Waals surface area contributed by atoms with Crippen LogP contribution < -0.4 is 5.73 Å². The first-order valence-electron chi connectivity index (χ1n) is 5.78. The molecule has 0 unspecified atom stereocenters. The van der Waals surface area contributed by atoms with Crippen molar-refractivity contribution in [3.05, 3.63) is 23.3 Å². The van der Waals surface area contributed by atoms with Crippen molar-refractivity contribution in [2.24, 2.45) is 12.8 Å². The molecule has 2 aromatic rings. The Labute approximate surface area is 114 Å². The molecule has 19 heavy (non-hydrogen) atoms. The molecule has 2 aromatic heterocycles. The third kappa shape index (κ3) is 3.57. The minimum atomic E-state index is -0.338. The Morgan fingerprint density at radius 3 is 2.95 bits per heavy atom. The number of amides is 1. The van der Waals surface area contributed by atoms with Crippen molar-refractivity contribution >= 4 is 17.7 Å². The number of nitrogens with zero attached hydrogens (tertiary/aromatic N) is 4. The molecule has 0 aliphatic carbocycles. The highest BCUT2D eigenvalue weighted by Crippen LogP contribution is 2.21. The summed E-state index contributed by atoms with van der Waals surface area (Å²) in [4.78, 5) is 10.7. The van der Waals surface area contributed by atoms with Crippen molar-refractivity contribution in [1.29, 1.82) is 0 Å². The number of thioether (sulfide) groups is 1. The van der Waals surface area contributed by atoms with Crippen molar-refractivity contribution in [3.63, 3.8) is 0 Å². The van der Waals surface area contributed by atoms with Gasteiger partial charge in [-0.3, -0.25) is 4.79 Å². The normalized spacial score (nSPS) is 10.8. The molecular formula is C11H15N5O2S. The van der Waals surface area contributed by atoms with Gasteiger partial charge in [0.15, 0.2) is 5.16 Å². The number of carbonyl (C=O) groups is 1. The summed E-state index contributed by atoms with van der Waals surface area (Å²) in [7, 11) is 1.87. The monoisotopic (exact) mass is 281 g/mol. The highest BCUT2D eigenvalue weighted by molar-refractivity contribution is 7.98. The van der Waals surface area contributed by atoms with Crippen molar-refractivity contribution < 1.29 is 9.32 Å². The average Bonchev–Trinajstić information content (AvgIpc) is 2.91. The van der Waals surface area contributed by atoms with Crippen molar-refractivity contribution in [3.8, 4) is 0 Å². The highest BCUT2D eigenvalue weighted by Gasteiger charge is 2.11. The molecule has 8 heteroatoms. The minimum absolute atomic E-state index is 0.277. The smallest absolute Gasteiger partial charge is 0.217 e. The summed E-state index contributed by atoms with van der Waals surface area (Å²) in [5, 5.41) is 12.8. The first-order valence-corrected chi connectivity index (χ1v) is 6.76. The van der Waals surface area contributed by atoms with E-state index in [0.29, 0.717) is 12.2 Å². The summed E-state index contributed by atoms with van der Waals surface area (Å²) in [6, 6.07) is 1.89. The van der Waals surface area contributed by atoms with Gasteiger partial charge in [0.05, 0.1) is 5.69 Å². The molecule has 0 bridgehead atoms. The summed E-state index contributed by atoms with van der Waals surface area (Å²) >= 11 is 1.52. The Morgan fingerprint density at radius 1 is 1.53 bits per heavy atom. The van der Waals surface area contributed by atoms with E-state index in [4.69, 9.17) is 10.3 Å². The minimum Gasteiger partial charge on any atom is -0.370 e. The van der Waals surface area contributed by atoms with Crippen LogP contribution >= 0.6 is 11.8 Å². The molecule has 2 heterocycles. The Bertz CT molecular complexity index is 577. The van der Waals surface area contributed by atoms with Gasteiger partial charge in [0.25, 0.3) is 0 Å². The fourth-order valence-corrected chi connectivity index (χ4v) is 2.36. The molecule has 0 aliphatic heterocycles. The van der Waals surface area contributed by atoms with E-state index in [1.807, 2.05) is 24.6 Å². The second kappa shape index (κ2) is 5.87. The van der Waals surface area contributed by atoms with Crippen LogP contribution in [0.15, 0.2) is 15.7 Å². The van der Waals surface area contributed by atoms with E-state index >= 15 is 0 Å². The van der Waals surface area contributed by atoms with Crippen molar-refractivity contribution in [2.75, 3.05) is 0 Å². The third-order valence-corrected chi connectivity index (χ3v) is 3.60. The first kappa shape index (κ1) is 13.6. The maximum Gasteiger partial charge on any atom is 0.217 e. The molecule has 0 saturated heterocycles. The van der Waals surface area contributed by atoms with Gasteiger partial charge in [0.1, 0.15) is 11.6 Å². The van der Waals surface area contributed by atoms with Crippen LogP contribution in [-0.2, 0) is 24.0 Å². The van der Waals surface area contributed by atoms with Gasteiger partial charge in [-0.25, -0.2) is 0 Å². The molecule has 0 aromatic carbocycles. The predicted molar refractivity (Wildman–Crippen MR) is 69.3 cm³/mol. The van der Waals surface area contributed by atoms with Gasteiger partial charge in [-0.05, 0) is 6.92 Å². The van der Waals surface area contributed by atoms with E-state index in [1.165, 1.54) is 11.8 Å². The lowest BCUT2D eigenvalue weighted by Crippen LogP contribution is -2.12. The quantitative estimate of drug-likeness (QED) is 0.787. The second-order valence-electron chi connectivity index (χ2n) is 4.14. The number of hydrogen-bond donors (Lipinski definition) is 1. The van der Waals surface area contributed by atoms with Crippen LogP contribution in [0.1, 0.15) is 23.7 Å². The zero-order valence-corrected chi connectivity index (χ0v) is 11.6. The number of aryl methyl sites for hydroxylation is 2. The second-order valence-corrected chi connectivity index (χ2v) is 5.08.